The first-order valence-electron chi connectivity index (χ1n) is 6.58. The van der Waals surface area contributed by atoms with Crippen molar-refractivity contribution < 1.29 is 19.1 Å². The van der Waals surface area contributed by atoms with E-state index in [2.05, 4.69) is 10.5 Å². The average Bonchev–Trinajstić information content (AvgIpc) is 3.12. The van der Waals surface area contributed by atoms with E-state index in [4.69, 9.17) is 14.3 Å². The van der Waals surface area contributed by atoms with Crippen LogP contribution in [0.15, 0.2) is 23.4 Å². The van der Waals surface area contributed by atoms with Crippen LogP contribution in [-0.2, 0) is 9.63 Å². The molecule has 0 unspecified atom stereocenters. The number of carbonyl (C=O) groups excluding carboxylic acids is 1. The molecule has 1 amide bonds. The van der Waals surface area contributed by atoms with E-state index in [-0.39, 0.29) is 19.3 Å². The van der Waals surface area contributed by atoms with Gasteiger partial charge in [-0.15, -0.1) is 0 Å². The van der Waals surface area contributed by atoms with Gasteiger partial charge in [0, 0.05) is 11.6 Å². The molecular weight excluding hydrogens is 260 g/mol. The monoisotopic (exact) mass is 276 g/mol. The molecule has 0 bridgehead atoms. The first-order valence-corrected chi connectivity index (χ1v) is 6.58. The van der Waals surface area contributed by atoms with Crippen LogP contribution in [0.25, 0.3) is 0 Å². The lowest BCUT2D eigenvalue weighted by Gasteiger charge is -2.04. The summed E-state index contributed by atoms with van der Waals surface area (Å²) in [6.45, 7) is 2.00. The summed E-state index contributed by atoms with van der Waals surface area (Å²) in [5, 5.41) is 6.78. The Morgan fingerprint density at radius 3 is 3.00 bits per heavy atom. The molecule has 1 aliphatic heterocycles. The van der Waals surface area contributed by atoms with Gasteiger partial charge in [0.1, 0.15) is 0 Å². The van der Waals surface area contributed by atoms with Gasteiger partial charge in [0.15, 0.2) is 18.1 Å². The van der Waals surface area contributed by atoms with Crippen molar-refractivity contribution in [1.82, 2.24) is 5.32 Å². The number of carbonyl (C=O) groups is 1. The van der Waals surface area contributed by atoms with Gasteiger partial charge in [-0.05, 0) is 38.0 Å². The van der Waals surface area contributed by atoms with Gasteiger partial charge in [-0.25, -0.2) is 0 Å². The minimum atomic E-state index is -0.130. The van der Waals surface area contributed by atoms with Gasteiger partial charge in [0.2, 0.25) is 6.79 Å². The van der Waals surface area contributed by atoms with Crippen molar-refractivity contribution in [3.05, 3.63) is 23.8 Å². The van der Waals surface area contributed by atoms with Crippen molar-refractivity contribution in [2.45, 2.75) is 25.8 Å². The first-order chi connectivity index (χ1) is 9.72. The summed E-state index contributed by atoms with van der Waals surface area (Å²) in [7, 11) is 0. The van der Waals surface area contributed by atoms with Crippen molar-refractivity contribution in [2.24, 2.45) is 5.16 Å². The fraction of sp³-hybridized carbons (Fsp3) is 0.429. The standard InChI is InChI=1S/C14H16N2O4/c1-9(16-20-7-14(17)15-11-3-4-11)10-2-5-12-13(6-10)19-8-18-12/h2,5-6,11H,3-4,7-8H2,1H3,(H,15,17)/b16-9-. The van der Waals surface area contributed by atoms with Gasteiger partial charge >= 0.3 is 0 Å². The molecule has 1 aromatic rings. The maximum Gasteiger partial charge on any atom is 0.260 e. The maximum atomic E-state index is 11.4. The summed E-state index contributed by atoms with van der Waals surface area (Å²) in [5.41, 5.74) is 1.55. The predicted octanol–water partition coefficient (Wildman–Crippen LogP) is 1.43. The van der Waals surface area contributed by atoms with Crippen molar-refractivity contribution in [2.75, 3.05) is 13.4 Å². The van der Waals surface area contributed by atoms with Crippen LogP contribution in [0.4, 0.5) is 0 Å². The molecule has 1 aromatic carbocycles. The summed E-state index contributed by atoms with van der Waals surface area (Å²) in [6.07, 6.45) is 2.12. The lowest BCUT2D eigenvalue weighted by Crippen LogP contribution is -2.28. The van der Waals surface area contributed by atoms with E-state index >= 15 is 0 Å². The van der Waals surface area contributed by atoms with E-state index in [1.54, 1.807) is 0 Å². The number of benzene rings is 1. The fourth-order valence-corrected chi connectivity index (χ4v) is 1.86. The van der Waals surface area contributed by atoms with Crippen molar-refractivity contribution >= 4 is 11.6 Å². The summed E-state index contributed by atoms with van der Waals surface area (Å²) < 4.78 is 10.5. The second-order valence-electron chi connectivity index (χ2n) is 4.86. The van der Waals surface area contributed by atoms with Crippen LogP contribution in [0.2, 0.25) is 0 Å². The Labute approximate surface area is 116 Å². The topological polar surface area (TPSA) is 69.2 Å². The molecule has 0 spiro atoms. The third kappa shape index (κ3) is 3.01. The number of fused-ring (bicyclic) bond motifs is 1. The Kier molecular flexibility index (Phi) is 3.45. The van der Waals surface area contributed by atoms with E-state index in [0.29, 0.717) is 17.5 Å². The van der Waals surface area contributed by atoms with Gasteiger partial charge in [-0.3, -0.25) is 4.79 Å². The minimum absolute atomic E-state index is 0.0572. The Morgan fingerprint density at radius 2 is 2.20 bits per heavy atom. The normalized spacial score (nSPS) is 16.9. The highest BCUT2D eigenvalue weighted by molar-refractivity contribution is 5.99. The number of amides is 1. The number of nitrogens with one attached hydrogen (secondary N) is 1. The van der Waals surface area contributed by atoms with Crippen molar-refractivity contribution in [3.63, 3.8) is 0 Å². The first kappa shape index (κ1) is 12.8. The summed E-state index contributed by atoms with van der Waals surface area (Å²) in [6, 6.07) is 5.88. The van der Waals surface area contributed by atoms with Crippen LogP contribution in [0, 0.1) is 0 Å². The van der Waals surface area contributed by atoms with Crippen LogP contribution in [0.5, 0.6) is 11.5 Å². The Hall–Kier alpha value is -2.24. The SMILES string of the molecule is C/C(=N/OCC(=O)NC1CC1)c1ccc2c(c1)OCO2. The zero-order valence-electron chi connectivity index (χ0n) is 11.2. The molecule has 0 atom stereocenters. The molecule has 6 heteroatoms. The number of ether oxygens (including phenoxy) is 2. The molecule has 106 valence electrons. The van der Waals surface area contributed by atoms with Crippen molar-refractivity contribution in [3.8, 4) is 11.5 Å². The summed E-state index contributed by atoms with van der Waals surface area (Å²) in [4.78, 5) is 16.5. The molecule has 6 nitrogen and oxygen atoms in total. The second-order valence-corrected chi connectivity index (χ2v) is 4.86. The summed E-state index contributed by atoms with van der Waals surface area (Å²) in [5.74, 6) is 1.30. The molecule has 1 N–H and O–H groups in total. The van der Waals surface area contributed by atoms with Crippen LogP contribution in [0.3, 0.4) is 0 Å². The molecule has 20 heavy (non-hydrogen) atoms. The Morgan fingerprint density at radius 1 is 1.40 bits per heavy atom. The van der Waals surface area contributed by atoms with Gasteiger partial charge in [-0.1, -0.05) is 5.16 Å². The largest absolute Gasteiger partial charge is 0.454 e. The zero-order valence-corrected chi connectivity index (χ0v) is 11.2. The molecular formula is C14H16N2O4. The Balaban J connectivity index is 1.55. The molecule has 2 aliphatic rings. The van der Waals surface area contributed by atoms with E-state index in [0.717, 1.165) is 24.2 Å². The molecule has 0 aromatic heterocycles. The molecule has 0 saturated heterocycles. The number of rotatable bonds is 5. The molecule has 0 radical (unpaired) electrons. The average molecular weight is 276 g/mol. The maximum absolute atomic E-state index is 11.4. The highest BCUT2D eigenvalue weighted by atomic mass is 16.7. The van der Waals surface area contributed by atoms with Crippen LogP contribution in [0.1, 0.15) is 25.3 Å². The number of hydrogen-bond donors (Lipinski definition) is 1. The van der Waals surface area contributed by atoms with Gasteiger partial charge in [0.25, 0.3) is 5.91 Å². The number of oxime groups is 1. The van der Waals surface area contributed by atoms with E-state index in [1.807, 2.05) is 25.1 Å². The molecule has 3 rings (SSSR count). The quantitative estimate of drug-likeness (QED) is 0.652. The van der Waals surface area contributed by atoms with Crippen LogP contribution < -0.4 is 14.8 Å². The van der Waals surface area contributed by atoms with Gasteiger partial charge < -0.3 is 19.6 Å². The molecule has 1 aliphatic carbocycles. The third-order valence-electron chi connectivity index (χ3n) is 3.13. The minimum Gasteiger partial charge on any atom is -0.454 e. The molecule has 1 heterocycles. The van der Waals surface area contributed by atoms with E-state index in [1.165, 1.54) is 0 Å². The third-order valence-corrected chi connectivity index (χ3v) is 3.13. The molecule has 1 saturated carbocycles. The highest BCUT2D eigenvalue weighted by Gasteiger charge is 2.23. The lowest BCUT2D eigenvalue weighted by molar-refractivity contribution is -0.125. The predicted molar refractivity (Wildman–Crippen MR) is 71.9 cm³/mol. The van der Waals surface area contributed by atoms with Crippen molar-refractivity contribution in [1.29, 1.82) is 0 Å². The number of nitrogens with zero attached hydrogens (tertiary/aromatic N) is 1. The van der Waals surface area contributed by atoms with Crippen LogP contribution >= 0.6 is 0 Å². The van der Waals surface area contributed by atoms with E-state index < -0.39 is 0 Å². The Bertz CT molecular complexity index is 552. The highest BCUT2D eigenvalue weighted by Crippen LogP contribution is 2.32. The van der Waals surface area contributed by atoms with Crippen LogP contribution in [-0.4, -0.2) is 31.1 Å². The molecule has 1 fully saturated rings. The van der Waals surface area contributed by atoms with Gasteiger partial charge in [0.05, 0.1) is 5.71 Å². The van der Waals surface area contributed by atoms with Gasteiger partial charge in [-0.2, -0.15) is 0 Å². The smallest absolute Gasteiger partial charge is 0.260 e. The zero-order chi connectivity index (χ0) is 13.9. The number of hydrogen-bond acceptors (Lipinski definition) is 5. The second kappa shape index (κ2) is 5.40. The fourth-order valence-electron chi connectivity index (χ4n) is 1.86. The lowest BCUT2D eigenvalue weighted by atomic mass is 10.1. The summed E-state index contributed by atoms with van der Waals surface area (Å²) >= 11 is 0. The van der Waals surface area contributed by atoms with E-state index in [9.17, 15) is 4.79 Å².